The maximum atomic E-state index is 10.4. The second-order valence-corrected chi connectivity index (χ2v) is 5.78. The molecule has 0 heterocycles. The summed E-state index contributed by atoms with van der Waals surface area (Å²) in [6.45, 7) is 2.74. The zero-order valence-electron chi connectivity index (χ0n) is 11.1. The van der Waals surface area contributed by atoms with Crippen molar-refractivity contribution in [3.05, 3.63) is 63.1 Å². The van der Waals surface area contributed by atoms with Crippen molar-refractivity contribution in [2.75, 3.05) is 6.61 Å². The van der Waals surface area contributed by atoms with Crippen molar-refractivity contribution in [2.24, 2.45) is 0 Å². The molecule has 2 nitrogen and oxygen atoms in total. The number of rotatable bonds is 5. The Morgan fingerprint density at radius 3 is 2.40 bits per heavy atom. The van der Waals surface area contributed by atoms with Crippen LogP contribution in [0.4, 0.5) is 0 Å². The Bertz CT molecular complexity index is 569. The molecule has 1 N–H and O–H groups in total. The van der Waals surface area contributed by atoms with E-state index in [9.17, 15) is 5.11 Å². The zero-order chi connectivity index (χ0) is 14.5. The topological polar surface area (TPSA) is 29.5 Å². The largest absolute Gasteiger partial charge is 0.492 e. The van der Waals surface area contributed by atoms with Gasteiger partial charge >= 0.3 is 0 Å². The minimum absolute atomic E-state index is 0.658. The first kappa shape index (κ1) is 15.4. The molecule has 106 valence electrons. The Morgan fingerprint density at radius 2 is 1.80 bits per heavy atom. The van der Waals surface area contributed by atoms with Gasteiger partial charge in [-0.2, -0.15) is 0 Å². The third-order valence-electron chi connectivity index (χ3n) is 2.92. The Kier molecular flexibility index (Phi) is 5.46. The minimum atomic E-state index is -0.677. The highest BCUT2D eigenvalue weighted by Crippen LogP contribution is 2.31. The van der Waals surface area contributed by atoms with E-state index in [4.69, 9.17) is 16.3 Å². The normalized spacial score (nSPS) is 12.2. The number of hydrogen-bond acceptors (Lipinski definition) is 2. The number of ether oxygens (including phenoxy) is 1. The lowest BCUT2D eigenvalue weighted by Gasteiger charge is -2.14. The van der Waals surface area contributed by atoms with Crippen molar-refractivity contribution in [2.45, 2.75) is 19.4 Å². The molecule has 0 spiro atoms. The molecule has 0 aliphatic carbocycles. The van der Waals surface area contributed by atoms with Crippen LogP contribution >= 0.6 is 27.5 Å². The fourth-order valence-corrected chi connectivity index (χ4v) is 2.49. The minimum Gasteiger partial charge on any atom is -0.492 e. The van der Waals surface area contributed by atoms with Gasteiger partial charge in [0.2, 0.25) is 0 Å². The molecule has 1 unspecified atom stereocenters. The maximum absolute atomic E-state index is 10.4. The summed E-state index contributed by atoms with van der Waals surface area (Å²) in [5.41, 5.74) is 1.62. The summed E-state index contributed by atoms with van der Waals surface area (Å²) < 4.78 is 6.44. The second-order valence-electron chi connectivity index (χ2n) is 4.49. The summed E-state index contributed by atoms with van der Waals surface area (Å²) >= 11 is 9.32. The van der Waals surface area contributed by atoms with E-state index < -0.39 is 6.10 Å². The second kappa shape index (κ2) is 7.11. The van der Waals surface area contributed by atoms with Gasteiger partial charge in [0.15, 0.2) is 0 Å². The molecular weight excluding hydrogens is 340 g/mol. The standard InChI is InChI=1S/C16H16BrClO2/c1-2-9-20-15-8-5-12(10-14(15)17)16(19)11-3-6-13(18)7-4-11/h3-8,10,16,19H,2,9H2,1H3. The van der Waals surface area contributed by atoms with Gasteiger partial charge in [0.1, 0.15) is 11.9 Å². The van der Waals surface area contributed by atoms with Crippen LogP contribution in [0.1, 0.15) is 30.6 Å². The zero-order valence-corrected chi connectivity index (χ0v) is 13.5. The summed E-state index contributed by atoms with van der Waals surface area (Å²) in [6, 6.07) is 12.8. The fraction of sp³-hybridized carbons (Fsp3) is 0.250. The lowest BCUT2D eigenvalue weighted by molar-refractivity contribution is 0.220. The number of halogens is 2. The lowest BCUT2D eigenvalue weighted by Crippen LogP contribution is -2.01. The van der Waals surface area contributed by atoms with Crippen LogP contribution < -0.4 is 4.74 Å². The summed E-state index contributed by atoms with van der Waals surface area (Å²) in [6.07, 6.45) is 0.283. The van der Waals surface area contributed by atoms with E-state index >= 15 is 0 Å². The summed E-state index contributed by atoms with van der Waals surface area (Å²) in [5, 5.41) is 11.0. The van der Waals surface area contributed by atoms with E-state index in [-0.39, 0.29) is 0 Å². The van der Waals surface area contributed by atoms with E-state index in [1.807, 2.05) is 30.3 Å². The molecule has 0 radical (unpaired) electrons. The number of benzene rings is 2. The van der Waals surface area contributed by atoms with E-state index in [0.717, 1.165) is 27.8 Å². The summed E-state index contributed by atoms with van der Waals surface area (Å²) in [5.74, 6) is 0.791. The van der Waals surface area contributed by atoms with Crippen LogP contribution in [-0.4, -0.2) is 11.7 Å². The van der Waals surface area contributed by atoms with Gasteiger partial charge in [-0.05, 0) is 57.7 Å². The maximum Gasteiger partial charge on any atom is 0.133 e. The van der Waals surface area contributed by atoms with Crippen LogP contribution in [0.2, 0.25) is 5.02 Å². The van der Waals surface area contributed by atoms with Gasteiger partial charge in [-0.25, -0.2) is 0 Å². The van der Waals surface area contributed by atoms with Crippen LogP contribution in [0, 0.1) is 0 Å². The average molecular weight is 356 g/mol. The van der Waals surface area contributed by atoms with Crippen molar-refractivity contribution in [3.8, 4) is 5.75 Å². The van der Waals surface area contributed by atoms with Gasteiger partial charge in [0.05, 0.1) is 11.1 Å². The molecule has 0 aromatic heterocycles. The Balaban J connectivity index is 2.20. The number of aliphatic hydroxyl groups excluding tert-OH is 1. The third-order valence-corrected chi connectivity index (χ3v) is 3.79. The average Bonchev–Trinajstić information content (AvgIpc) is 2.46. The van der Waals surface area contributed by atoms with E-state index in [2.05, 4.69) is 22.9 Å². The van der Waals surface area contributed by atoms with Crippen molar-refractivity contribution >= 4 is 27.5 Å². The van der Waals surface area contributed by atoms with Crippen molar-refractivity contribution in [1.29, 1.82) is 0 Å². The van der Waals surface area contributed by atoms with Crippen LogP contribution in [0.5, 0.6) is 5.75 Å². The molecule has 20 heavy (non-hydrogen) atoms. The van der Waals surface area contributed by atoms with Crippen molar-refractivity contribution < 1.29 is 9.84 Å². The predicted molar refractivity (Wildman–Crippen MR) is 85.4 cm³/mol. The van der Waals surface area contributed by atoms with Gasteiger partial charge in [-0.3, -0.25) is 0 Å². The highest BCUT2D eigenvalue weighted by molar-refractivity contribution is 9.10. The van der Waals surface area contributed by atoms with Crippen LogP contribution in [-0.2, 0) is 0 Å². The van der Waals surface area contributed by atoms with Gasteiger partial charge < -0.3 is 9.84 Å². The molecule has 0 saturated heterocycles. The molecular formula is C16H16BrClO2. The molecule has 0 bridgehead atoms. The molecule has 0 fully saturated rings. The van der Waals surface area contributed by atoms with Gasteiger partial charge in [0.25, 0.3) is 0 Å². The Labute approximate surface area is 132 Å². The first-order chi connectivity index (χ1) is 9.61. The first-order valence-electron chi connectivity index (χ1n) is 6.47. The highest BCUT2D eigenvalue weighted by Gasteiger charge is 2.12. The monoisotopic (exact) mass is 354 g/mol. The Hall–Kier alpha value is -1.03. The van der Waals surface area contributed by atoms with Crippen LogP contribution in [0.15, 0.2) is 46.9 Å². The summed E-state index contributed by atoms with van der Waals surface area (Å²) in [4.78, 5) is 0. The smallest absolute Gasteiger partial charge is 0.133 e. The number of hydrogen-bond donors (Lipinski definition) is 1. The van der Waals surface area contributed by atoms with Crippen molar-refractivity contribution in [3.63, 3.8) is 0 Å². The predicted octanol–water partition coefficient (Wildman–Crippen LogP) is 4.97. The van der Waals surface area contributed by atoms with Crippen LogP contribution in [0.3, 0.4) is 0 Å². The molecule has 4 heteroatoms. The highest BCUT2D eigenvalue weighted by atomic mass is 79.9. The Morgan fingerprint density at radius 1 is 1.15 bits per heavy atom. The fourth-order valence-electron chi connectivity index (χ4n) is 1.85. The molecule has 0 aliphatic heterocycles. The molecule has 2 aromatic carbocycles. The van der Waals surface area contributed by atoms with Crippen LogP contribution in [0.25, 0.3) is 0 Å². The number of aliphatic hydroxyl groups is 1. The SMILES string of the molecule is CCCOc1ccc(C(O)c2ccc(Cl)cc2)cc1Br. The molecule has 1 atom stereocenters. The van der Waals surface area contributed by atoms with E-state index in [0.29, 0.717) is 11.6 Å². The summed E-state index contributed by atoms with van der Waals surface area (Å²) in [7, 11) is 0. The van der Waals surface area contributed by atoms with Crippen molar-refractivity contribution in [1.82, 2.24) is 0 Å². The molecule has 0 saturated carbocycles. The first-order valence-corrected chi connectivity index (χ1v) is 7.64. The van der Waals surface area contributed by atoms with Gasteiger partial charge in [-0.1, -0.05) is 36.7 Å². The van der Waals surface area contributed by atoms with Gasteiger partial charge in [-0.15, -0.1) is 0 Å². The van der Waals surface area contributed by atoms with Gasteiger partial charge in [0, 0.05) is 5.02 Å². The molecule has 0 amide bonds. The quantitative estimate of drug-likeness (QED) is 0.820. The van der Waals surface area contributed by atoms with E-state index in [1.165, 1.54) is 0 Å². The molecule has 2 aromatic rings. The third kappa shape index (κ3) is 3.75. The lowest BCUT2D eigenvalue weighted by atomic mass is 10.0. The van der Waals surface area contributed by atoms with E-state index in [1.54, 1.807) is 12.1 Å². The molecule has 0 aliphatic rings. The molecule has 2 rings (SSSR count).